The topological polar surface area (TPSA) is 109 Å². The minimum absolute atomic E-state index is 0.597. The van der Waals surface area contributed by atoms with Gasteiger partial charge in [0.1, 0.15) is 22.6 Å². The molecule has 8 bridgehead atoms. The Hall–Kier alpha value is -2.84. The highest BCUT2D eigenvalue weighted by Gasteiger charge is 2.23. The van der Waals surface area contributed by atoms with E-state index >= 15 is 0 Å². The zero-order valence-corrected chi connectivity index (χ0v) is 30.8. The van der Waals surface area contributed by atoms with E-state index in [-0.39, 0.29) is 0 Å². The standard InChI is InChI=1S/C32H14I4N8/c33-13-1-5-17-21(9-13)29-37-25(17)41-30-22-10-14(34)2-6-18(22)27(38-30)43-32-24-12-16(36)4-8-20(24)28(40-32)44-31-23-11-15(35)3-7-19(23)26(39-31)42-29/h1-12H,(H2,37,38,39,40,41,42,43,44). The molecule has 8 nitrogen and oxygen atoms in total. The second-order valence-electron chi connectivity index (χ2n) is 10.4. The van der Waals surface area contributed by atoms with Crippen LogP contribution in [0.25, 0.3) is 89.7 Å². The number of nitrogens with one attached hydrogen (secondary N) is 2. The van der Waals surface area contributed by atoms with Crippen molar-refractivity contribution in [3.63, 3.8) is 0 Å². The van der Waals surface area contributed by atoms with E-state index in [0.29, 0.717) is 45.9 Å². The Morgan fingerprint density at radius 1 is 0.341 bits per heavy atom. The van der Waals surface area contributed by atoms with Crippen molar-refractivity contribution < 1.29 is 0 Å². The van der Waals surface area contributed by atoms with Gasteiger partial charge in [-0.3, -0.25) is 0 Å². The quantitative estimate of drug-likeness (QED) is 0.147. The Labute approximate surface area is 303 Å². The molecule has 5 heterocycles. The van der Waals surface area contributed by atoms with Crippen molar-refractivity contribution in [2.45, 2.75) is 0 Å². The fraction of sp³-hybridized carbons (Fsp3) is 0. The lowest BCUT2D eigenvalue weighted by atomic mass is 10.1. The fourth-order valence-corrected chi connectivity index (χ4v) is 7.65. The van der Waals surface area contributed by atoms with E-state index in [2.05, 4.69) is 173 Å². The van der Waals surface area contributed by atoms with Gasteiger partial charge in [-0.15, -0.1) is 0 Å². The van der Waals surface area contributed by atoms with Gasteiger partial charge in [0.15, 0.2) is 23.3 Å². The molecular weight excluding hydrogens is 1000 g/mol. The average Bonchev–Trinajstić information content (AvgIpc) is 3.71. The van der Waals surface area contributed by atoms with Crippen molar-refractivity contribution in [2.75, 3.05) is 0 Å². The molecule has 0 amide bonds. The zero-order chi connectivity index (χ0) is 29.7. The summed E-state index contributed by atoms with van der Waals surface area (Å²) in [6, 6.07) is 25.0. The molecule has 0 saturated carbocycles. The summed E-state index contributed by atoms with van der Waals surface area (Å²) in [6.07, 6.45) is 0. The maximum atomic E-state index is 5.10. The maximum Gasteiger partial charge on any atom is 0.164 e. The maximum absolute atomic E-state index is 5.10. The molecule has 2 aliphatic heterocycles. The van der Waals surface area contributed by atoms with Crippen molar-refractivity contribution in [1.29, 1.82) is 0 Å². The van der Waals surface area contributed by atoms with Crippen molar-refractivity contribution in [1.82, 2.24) is 39.9 Å². The first kappa shape index (κ1) is 27.5. The third-order valence-electron chi connectivity index (χ3n) is 7.68. The number of rotatable bonds is 0. The first-order valence-electron chi connectivity index (χ1n) is 13.4. The van der Waals surface area contributed by atoms with Crippen LogP contribution in [-0.4, -0.2) is 39.9 Å². The van der Waals surface area contributed by atoms with E-state index in [1.807, 2.05) is 0 Å². The van der Waals surface area contributed by atoms with Crippen LogP contribution >= 0.6 is 90.4 Å². The number of fused-ring (bicyclic) bond motifs is 20. The smallest absolute Gasteiger partial charge is 0.164 e. The van der Waals surface area contributed by atoms with E-state index in [1.54, 1.807) is 0 Å². The second kappa shape index (κ2) is 10.3. The van der Waals surface area contributed by atoms with Crippen LogP contribution in [-0.2, 0) is 0 Å². The first-order valence-corrected chi connectivity index (χ1v) is 17.7. The van der Waals surface area contributed by atoms with Gasteiger partial charge in [-0.05, 0) is 163 Å². The van der Waals surface area contributed by atoms with Gasteiger partial charge in [0.05, 0.1) is 0 Å². The SMILES string of the molecule is Ic1ccc2c(c1)-c1nc-2nc2[nH]c(nc3nc(nc4[nH]c(n1)c1ccc(I)cc41)-c1ccc(I)cc1-3)c1ccc(I)cc21. The molecule has 0 unspecified atom stereocenters. The lowest BCUT2D eigenvalue weighted by molar-refractivity contribution is 1.19. The van der Waals surface area contributed by atoms with Gasteiger partial charge in [0.2, 0.25) is 0 Å². The molecule has 0 radical (unpaired) electrons. The highest BCUT2D eigenvalue weighted by Crippen LogP contribution is 2.38. The summed E-state index contributed by atoms with van der Waals surface area (Å²) in [5, 5.41) is 3.84. The monoisotopic (exact) mass is 1020 g/mol. The molecule has 3 aromatic heterocycles. The average molecular weight is 1020 g/mol. The lowest BCUT2D eigenvalue weighted by Crippen LogP contribution is -1.84. The van der Waals surface area contributed by atoms with Crippen LogP contribution in [0, 0.1) is 14.3 Å². The summed E-state index contributed by atoms with van der Waals surface area (Å²) < 4.78 is 4.39. The molecule has 0 spiro atoms. The summed E-state index contributed by atoms with van der Waals surface area (Å²) in [5.41, 5.74) is 6.47. The molecule has 7 aromatic rings. The Morgan fingerprint density at radius 2 is 0.682 bits per heavy atom. The molecule has 0 saturated heterocycles. The molecule has 0 aliphatic carbocycles. The summed E-state index contributed by atoms with van der Waals surface area (Å²) in [6.45, 7) is 0. The molecule has 44 heavy (non-hydrogen) atoms. The zero-order valence-electron chi connectivity index (χ0n) is 22.1. The van der Waals surface area contributed by atoms with Crippen LogP contribution in [0.3, 0.4) is 0 Å². The minimum Gasteiger partial charge on any atom is -0.324 e. The van der Waals surface area contributed by atoms with Gasteiger partial charge in [0, 0.05) is 58.1 Å². The van der Waals surface area contributed by atoms with Crippen molar-refractivity contribution >= 4 is 134 Å². The lowest BCUT2D eigenvalue weighted by Gasteiger charge is -1.99. The largest absolute Gasteiger partial charge is 0.324 e. The van der Waals surface area contributed by atoms with E-state index in [9.17, 15) is 0 Å². The van der Waals surface area contributed by atoms with Crippen LogP contribution in [0.15, 0.2) is 72.8 Å². The normalized spacial score (nSPS) is 12.1. The van der Waals surface area contributed by atoms with E-state index in [1.165, 1.54) is 0 Å². The molecule has 0 atom stereocenters. The van der Waals surface area contributed by atoms with Gasteiger partial charge >= 0.3 is 0 Å². The molecule has 12 heteroatoms. The predicted molar refractivity (Wildman–Crippen MR) is 207 cm³/mol. The third kappa shape index (κ3) is 4.45. The Morgan fingerprint density at radius 3 is 1.11 bits per heavy atom. The number of benzene rings is 4. The number of hydrogen-bond acceptors (Lipinski definition) is 6. The molecule has 2 N–H and O–H groups in total. The highest BCUT2D eigenvalue weighted by atomic mass is 127. The minimum atomic E-state index is 0.597. The fourth-order valence-electron chi connectivity index (χ4n) is 5.68. The molecule has 2 aliphatic rings. The van der Waals surface area contributed by atoms with Crippen LogP contribution < -0.4 is 0 Å². The third-order valence-corrected chi connectivity index (χ3v) is 10.4. The molecule has 0 fully saturated rings. The number of nitrogens with zero attached hydrogens (tertiary/aromatic N) is 6. The van der Waals surface area contributed by atoms with Gasteiger partial charge in [-0.25, -0.2) is 29.9 Å². The van der Waals surface area contributed by atoms with Gasteiger partial charge in [-0.2, -0.15) is 0 Å². The van der Waals surface area contributed by atoms with Crippen LogP contribution in [0.2, 0.25) is 0 Å². The molecule has 9 rings (SSSR count). The van der Waals surface area contributed by atoms with Gasteiger partial charge in [-0.1, -0.05) is 0 Å². The number of aromatic nitrogens is 8. The molecule has 4 aromatic carbocycles. The Kier molecular flexibility index (Phi) is 6.46. The van der Waals surface area contributed by atoms with E-state index in [4.69, 9.17) is 29.9 Å². The van der Waals surface area contributed by atoms with Crippen LogP contribution in [0.1, 0.15) is 0 Å². The second-order valence-corrected chi connectivity index (χ2v) is 15.4. The summed E-state index contributed by atoms with van der Waals surface area (Å²) in [5.74, 6) is 2.39. The first-order chi connectivity index (χ1) is 21.4. The molecule has 210 valence electrons. The van der Waals surface area contributed by atoms with Crippen molar-refractivity contribution in [2.24, 2.45) is 0 Å². The number of aromatic amines is 2. The van der Waals surface area contributed by atoms with E-state index < -0.39 is 0 Å². The van der Waals surface area contributed by atoms with Gasteiger partial charge < -0.3 is 9.97 Å². The predicted octanol–water partition coefficient (Wildman–Crippen LogP) is 9.29. The van der Waals surface area contributed by atoms with E-state index in [0.717, 1.165) is 58.1 Å². The summed E-state index contributed by atoms with van der Waals surface area (Å²) >= 11 is 9.31. The number of H-pyrrole nitrogens is 2. The van der Waals surface area contributed by atoms with Crippen LogP contribution in [0.4, 0.5) is 0 Å². The van der Waals surface area contributed by atoms with Gasteiger partial charge in [0.25, 0.3) is 0 Å². The highest BCUT2D eigenvalue weighted by molar-refractivity contribution is 14.1. The Balaban J connectivity index is 1.51. The number of halogens is 4. The van der Waals surface area contributed by atoms with Crippen molar-refractivity contribution in [3.8, 4) is 45.6 Å². The summed E-state index contributed by atoms with van der Waals surface area (Å²) in [7, 11) is 0. The number of hydrogen-bond donors (Lipinski definition) is 2. The van der Waals surface area contributed by atoms with Crippen molar-refractivity contribution in [3.05, 3.63) is 87.1 Å². The summed E-state index contributed by atoms with van der Waals surface area (Å²) in [4.78, 5) is 37.4. The molecular formula is C32H14I4N8. The Bertz CT molecular complexity index is 2390. The van der Waals surface area contributed by atoms with Crippen LogP contribution in [0.5, 0.6) is 0 Å².